The molecule has 0 aliphatic carbocycles. The van der Waals surface area contributed by atoms with Crippen LogP contribution in [0.3, 0.4) is 0 Å². The fourth-order valence-corrected chi connectivity index (χ4v) is 3.60. The molecule has 0 N–H and O–H groups in total. The Balaban J connectivity index is 2.29. The SMILES string of the molecule is CCC(C(=O)c1ccccc1)S(=O)c1cccc(C)c1. The van der Waals surface area contributed by atoms with Crippen LogP contribution in [0.2, 0.25) is 0 Å². The van der Waals surface area contributed by atoms with Crippen LogP contribution in [-0.4, -0.2) is 15.2 Å². The van der Waals surface area contributed by atoms with Crippen molar-refractivity contribution in [3.63, 3.8) is 0 Å². The van der Waals surface area contributed by atoms with E-state index in [0.717, 1.165) is 10.5 Å². The highest BCUT2D eigenvalue weighted by atomic mass is 32.2. The van der Waals surface area contributed by atoms with E-state index in [4.69, 9.17) is 0 Å². The first-order valence-electron chi connectivity index (χ1n) is 6.70. The normalized spacial score (nSPS) is 13.7. The summed E-state index contributed by atoms with van der Waals surface area (Å²) in [7, 11) is -1.31. The molecule has 2 rings (SSSR count). The molecule has 2 aromatic carbocycles. The van der Waals surface area contributed by atoms with Crippen LogP contribution in [0, 0.1) is 6.92 Å². The maximum Gasteiger partial charge on any atom is 0.178 e. The highest BCUT2D eigenvalue weighted by Gasteiger charge is 2.25. The Morgan fingerprint density at radius 2 is 1.80 bits per heavy atom. The first-order chi connectivity index (χ1) is 9.63. The Labute approximate surface area is 122 Å². The van der Waals surface area contributed by atoms with Crippen molar-refractivity contribution < 1.29 is 9.00 Å². The van der Waals surface area contributed by atoms with Gasteiger partial charge < -0.3 is 0 Å². The molecule has 2 unspecified atom stereocenters. The van der Waals surface area contributed by atoms with Gasteiger partial charge in [-0.25, -0.2) is 0 Å². The summed E-state index contributed by atoms with van der Waals surface area (Å²) in [4.78, 5) is 13.2. The average molecular weight is 286 g/mol. The molecule has 2 aromatic rings. The van der Waals surface area contributed by atoms with Gasteiger partial charge in [0, 0.05) is 10.5 Å². The minimum Gasteiger partial charge on any atom is -0.293 e. The van der Waals surface area contributed by atoms with Gasteiger partial charge in [-0.1, -0.05) is 49.4 Å². The van der Waals surface area contributed by atoms with Gasteiger partial charge in [0.15, 0.2) is 5.78 Å². The third-order valence-corrected chi connectivity index (χ3v) is 4.98. The van der Waals surface area contributed by atoms with Crippen molar-refractivity contribution in [1.82, 2.24) is 0 Å². The molecule has 0 amide bonds. The van der Waals surface area contributed by atoms with Crippen LogP contribution in [0.4, 0.5) is 0 Å². The fourth-order valence-electron chi connectivity index (χ4n) is 2.13. The van der Waals surface area contributed by atoms with E-state index in [9.17, 15) is 9.00 Å². The average Bonchev–Trinajstić information content (AvgIpc) is 2.48. The summed E-state index contributed by atoms with van der Waals surface area (Å²) in [6.45, 7) is 3.86. The van der Waals surface area contributed by atoms with Gasteiger partial charge in [-0.3, -0.25) is 9.00 Å². The van der Waals surface area contributed by atoms with Crippen LogP contribution in [0.15, 0.2) is 59.5 Å². The van der Waals surface area contributed by atoms with Crippen molar-refractivity contribution in [3.05, 3.63) is 65.7 Å². The molecule has 0 saturated heterocycles. The van der Waals surface area contributed by atoms with Crippen LogP contribution < -0.4 is 0 Å². The predicted molar refractivity (Wildman–Crippen MR) is 82.4 cm³/mol. The van der Waals surface area contributed by atoms with Crippen LogP contribution in [-0.2, 0) is 10.8 Å². The zero-order chi connectivity index (χ0) is 14.5. The Morgan fingerprint density at radius 1 is 1.10 bits per heavy atom. The number of hydrogen-bond acceptors (Lipinski definition) is 2. The molecule has 20 heavy (non-hydrogen) atoms. The van der Waals surface area contributed by atoms with E-state index in [1.54, 1.807) is 12.1 Å². The molecular formula is C17H18O2S. The Kier molecular flexibility index (Phi) is 4.85. The Hall–Kier alpha value is -1.74. The Morgan fingerprint density at radius 3 is 2.40 bits per heavy atom. The largest absolute Gasteiger partial charge is 0.293 e. The molecule has 0 aliphatic rings. The van der Waals surface area contributed by atoms with Gasteiger partial charge in [0.2, 0.25) is 0 Å². The number of rotatable bonds is 5. The topological polar surface area (TPSA) is 34.1 Å². The summed E-state index contributed by atoms with van der Waals surface area (Å²) in [6.07, 6.45) is 0.564. The highest BCUT2D eigenvalue weighted by molar-refractivity contribution is 7.86. The summed E-state index contributed by atoms with van der Waals surface area (Å²) >= 11 is 0. The maximum absolute atomic E-state index is 12.6. The fraction of sp³-hybridized carbons (Fsp3) is 0.235. The van der Waals surface area contributed by atoms with Crippen molar-refractivity contribution >= 4 is 16.6 Å². The van der Waals surface area contributed by atoms with Crippen molar-refractivity contribution in [3.8, 4) is 0 Å². The van der Waals surface area contributed by atoms with Crippen LogP contribution in [0.5, 0.6) is 0 Å². The van der Waals surface area contributed by atoms with Crippen LogP contribution >= 0.6 is 0 Å². The van der Waals surface area contributed by atoms with E-state index in [0.29, 0.717) is 12.0 Å². The molecule has 0 radical (unpaired) electrons. The van der Waals surface area contributed by atoms with E-state index in [2.05, 4.69) is 0 Å². The number of benzene rings is 2. The first kappa shape index (κ1) is 14.7. The molecule has 0 heterocycles. The third-order valence-electron chi connectivity index (χ3n) is 3.20. The second-order valence-electron chi connectivity index (χ2n) is 4.74. The van der Waals surface area contributed by atoms with E-state index >= 15 is 0 Å². The molecule has 0 fully saturated rings. The quantitative estimate of drug-likeness (QED) is 0.784. The third kappa shape index (κ3) is 3.23. The van der Waals surface area contributed by atoms with Gasteiger partial charge in [0.05, 0.1) is 10.8 Å². The first-order valence-corrected chi connectivity index (χ1v) is 7.91. The van der Waals surface area contributed by atoms with Gasteiger partial charge in [-0.15, -0.1) is 0 Å². The van der Waals surface area contributed by atoms with Gasteiger partial charge in [0.1, 0.15) is 5.25 Å². The number of aryl methyl sites for hydroxylation is 1. The maximum atomic E-state index is 12.6. The molecule has 0 bridgehead atoms. The molecule has 104 valence electrons. The second kappa shape index (κ2) is 6.62. The van der Waals surface area contributed by atoms with Crippen molar-refractivity contribution in [2.45, 2.75) is 30.4 Å². The van der Waals surface area contributed by atoms with Gasteiger partial charge >= 0.3 is 0 Å². The standard InChI is InChI=1S/C17H18O2S/c1-3-16(17(18)14-9-5-4-6-10-14)20(19)15-11-7-8-13(2)12-15/h4-12,16H,3H2,1-2H3. The summed E-state index contributed by atoms with van der Waals surface area (Å²) in [6, 6.07) is 16.6. The van der Waals surface area contributed by atoms with Gasteiger partial charge in [-0.05, 0) is 31.0 Å². The zero-order valence-corrected chi connectivity index (χ0v) is 12.5. The number of carbonyl (C=O) groups is 1. The lowest BCUT2D eigenvalue weighted by atomic mass is 10.1. The lowest BCUT2D eigenvalue weighted by molar-refractivity contribution is 0.0986. The molecule has 0 saturated carbocycles. The van der Waals surface area contributed by atoms with E-state index in [-0.39, 0.29) is 5.78 Å². The van der Waals surface area contributed by atoms with Gasteiger partial charge in [-0.2, -0.15) is 0 Å². The van der Waals surface area contributed by atoms with E-state index < -0.39 is 16.0 Å². The molecule has 2 nitrogen and oxygen atoms in total. The zero-order valence-electron chi connectivity index (χ0n) is 11.7. The minimum absolute atomic E-state index is 0.0482. The van der Waals surface area contributed by atoms with E-state index in [1.807, 2.05) is 56.3 Å². The molecule has 0 spiro atoms. The van der Waals surface area contributed by atoms with Crippen molar-refractivity contribution in [2.24, 2.45) is 0 Å². The lowest BCUT2D eigenvalue weighted by Gasteiger charge is -2.14. The van der Waals surface area contributed by atoms with E-state index in [1.165, 1.54) is 0 Å². The van der Waals surface area contributed by atoms with Crippen LogP contribution in [0.1, 0.15) is 29.3 Å². The monoisotopic (exact) mass is 286 g/mol. The summed E-state index contributed by atoms with van der Waals surface area (Å²) in [5, 5.41) is -0.487. The number of ketones is 1. The number of Topliss-reactive ketones (excluding diaryl/α,β-unsaturated/α-hetero) is 1. The summed E-state index contributed by atoms with van der Waals surface area (Å²) in [5.41, 5.74) is 1.68. The smallest absolute Gasteiger partial charge is 0.178 e. The van der Waals surface area contributed by atoms with Crippen LogP contribution in [0.25, 0.3) is 0 Å². The Bertz CT molecular complexity index is 620. The molecule has 0 aromatic heterocycles. The number of carbonyl (C=O) groups excluding carboxylic acids is 1. The van der Waals surface area contributed by atoms with Crippen molar-refractivity contribution in [2.75, 3.05) is 0 Å². The summed E-state index contributed by atoms with van der Waals surface area (Å²) in [5.74, 6) is -0.0482. The minimum atomic E-state index is -1.31. The molecular weight excluding hydrogens is 268 g/mol. The summed E-state index contributed by atoms with van der Waals surface area (Å²) < 4.78 is 12.6. The molecule has 2 atom stereocenters. The number of hydrogen-bond donors (Lipinski definition) is 0. The molecule has 3 heteroatoms. The highest BCUT2D eigenvalue weighted by Crippen LogP contribution is 2.19. The lowest BCUT2D eigenvalue weighted by Crippen LogP contribution is -2.25. The van der Waals surface area contributed by atoms with Crippen molar-refractivity contribution in [1.29, 1.82) is 0 Å². The second-order valence-corrected chi connectivity index (χ2v) is 6.38. The predicted octanol–water partition coefficient (Wildman–Crippen LogP) is 3.76. The van der Waals surface area contributed by atoms with Gasteiger partial charge in [0.25, 0.3) is 0 Å². The molecule has 0 aliphatic heterocycles.